The molecule has 0 aliphatic heterocycles. The lowest BCUT2D eigenvalue weighted by molar-refractivity contribution is 0.306. The van der Waals surface area contributed by atoms with Crippen molar-refractivity contribution in [3.8, 4) is 5.75 Å². The van der Waals surface area contributed by atoms with E-state index in [4.69, 9.17) is 10.5 Å². The van der Waals surface area contributed by atoms with Crippen LogP contribution in [0.4, 0.5) is 0 Å². The molecular weight excluding hydrogens is 256 g/mol. The van der Waals surface area contributed by atoms with Crippen LogP contribution in [0.25, 0.3) is 10.1 Å². The third kappa shape index (κ3) is 2.45. The van der Waals surface area contributed by atoms with Crippen LogP contribution in [0.1, 0.15) is 10.4 Å². The van der Waals surface area contributed by atoms with Gasteiger partial charge in [-0.1, -0.05) is 18.2 Å². The molecule has 0 saturated heterocycles. The van der Waals surface area contributed by atoms with Crippen molar-refractivity contribution in [1.82, 2.24) is 4.98 Å². The minimum atomic E-state index is 0.530. The fourth-order valence-electron chi connectivity index (χ4n) is 2.06. The molecule has 96 valence electrons. The zero-order valence-corrected chi connectivity index (χ0v) is 11.2. The SMILES string of the molecule is NCc1sc2ccccc2c1COc1cccnc1. The average molecular weight is 270 g/mol. The molecule has 4 heteroatoms. The van der Waals surface area contributed by atoms with Crippen molar-refractivity contribution in [2.75, 3.05) is 0 Å². The first-order valence-electron chi connectivity index (χ1n) is 6.10. The molecule has 2 N–H and O–H groups in total. The van der Waals surface area contributed by atoms with Gasteiger partial charge in [-0.15, -0.1) is 11.3 Å². The summed E-state index contributed by atoms with van der Waals surface area (Å²) >= 11 is 1.74. The first-order valence-corrected chi connectivity index (χ1v) is 6.92. The summed E-state index contributed by atoms with van der Waals surface area (Å²) in [7, 11) is 0. The lowest BCUT2D eigenvalue weighted by Gasteiger charge is -2.06. The Labute approximate surface area is 115 Å². The first kappa shape index (κ1) is 12.1. The molecule has 2 aromatic heterocycles. The minimum absolute atomic E-state index is 0.530. The van der Waals surface area contributed by atoms with Crippen molar-refractivity contribution in [1.29, 1.82) is 0 Å². The Morgan fingerprint density at radius 3 is 2.84 bits per heavy atom. The van der Waals surface area contributed by atoms with Crippen LogP contribution in [0.5, 0.6) is 5.75 Å². The summed E-state index contributed by atoms with van der Waals surface area (Å²) in [6, 6.07) is 12.1. The van der Waals surface area contributed by atoms with Crippen LogP contribution in [0.3, 0.4) is 0 Å². The van der Waals surface area contributed by atoms with E-state index in [1.165, 1.54) is 20.5 Å². The Hall–Kier alpha value is -1.91. The summed E-state index contributed by atoms with van der Waals surface area (Å²) in [5.74, 6) is 0.778. The molecule has 0 radical (unpaired) electrons. The smallest absolute Gasteiger partial charge is 0.138 e. The maximum atomic E-state index is 5.83. The normalized spacial score (nSPS) is 10.8. The summed E-state index contributed by atoms with van der Waals surface area (Å²) in [6.45, 7) is 1.08. The number of hydrogen-bond donors (Lipinski definition) is 1. The molecule has 0 spiro atoms. The minimum Gasteiger partial charge on any atom is -0.487 e. The largest absolute Gasteiger partial charge is 0.487 e. The monoisotopic (exact) mass is 270 g/mol. The van der Waals surface area contributed by atoms with Gasteiger partial charge in [0.05, 0.1) is 6.20 Å². The van der Waals surface area contributed by atoms with Crippen LogP contribution in [-0.4, -0.2) is 4.98 Å². The summed E-state index contributed by atoms with van der Waals surface area (Å²) in [5, 5.41) is 1.23. The summed E-state index contributed by atoms with van der Waals surface area (Å²) in [5.41, 5.74) is 7.01. The highest BCUT2D eigenvalue weighted by Gasteiger charge is 2.11. The molecule has 1 aromatic carbocycles. The predicted molar refractivity (Wildman–Crippen MR) is 78.3 cm³/mol. The van der Waals surface area contributed by atoms with Gasteiger partial charge in [0.1, 0.15) is 12.4 Å². The quantitative estimate of drug-likeness (QED) is 0.791. The molecule has 0 aliphatic rings. The van der Waals surface area contributed by atoms with Gasteiger partial charge in [-0.25, -0.2) is 0 Å². The van der Waals surface area contributed by atoms with Crippen molar-refractivity contribution in [2.45, 2.75) is 13.2 Å². The molecule has 0 fully saturated rings. The Morgan fingerprint density at radius 1 is 1.16 bits per heavy atom. The van der Waals surface area contributed by atoms with Crippen molar-refractivity contribution >= 4 is 21.4 Å². The van der Waals surface area contributed by atoms with Gasteiger partial charge in [0.2, 0.25) is 0 Å². The highest BCUT2D eigenvalue weighted by Crippen LogP contribution is 2.31. The molecule has 0 unspecified atom stereocenters. The fourth-order valence-corrected chi connectivity index (χ4v) is 3.15. The maximum Gasteiger partial charge on any atom is 0.138 e. The average Bonchev–Trinajstić information content (AvgIpc) is 2.84. The van der Waals surface area contributed by atoms with Crippen LogP contribution in [0, 0.1) is 0 Å². The van der Waals surface area contributed by atoms with E-state index >= 15 is 0 Å². The van der Waals surface area contributed by atoms with Gasteiger partial charge in [0, 0.05) is 27.9 Å². The second-order valence-electron chi connectivity index (χ2n) is 4.18. The van der Waals surface area contributed by atoms with E-state index in [1.807, 2.05) is 24.3 Å². The van der Waals surface area contributed by atoms with Crippen molar-refractivity contribution < 1.29 is 4.74 Å². The number of benzene rings is 1. The number of rotatable bonds is 4. The standard InChI is InChI=1S/C15H14N2OS/c16-8-15-13(10-18-11-4-3-7-17-9-11)12-5-1-2-6-14(12)19-15/h1-7,9H,8,10,16H2. The fraction of sp³-hybridized carbons (Fsp3) is 0.133. The Balaban J connectivity index is 1.91. The molecule has 0 saturated carbocycles. The van der Waals surface area contributed by atoms with E-state index in [1.54, 1.807) is 23.7 Å². The van der Waals surface area contributed by atoms with E-state index in [0.717, 1.165) is 5.75 Å². The van der Waals surface area contributed by atoms with E-state index < -0.39 is 0 Å². The van der Waals surface area contributed by atoms with E-state index in [0.29, 0.717) is 13.2 Å². The lowest BCUT2D eigenvalue weighted by atomic mass is 10.1. The molecule has 0 bridgehead atoms. The number of aromatic nitrogens is 1. The molecule has 3 rings (SSSR count). The van der Waals surface area contributed by atoms with E-state index in [2.05, 4.69) is 17.1 Å². The van der Waals surface area contributed by atoms with Crippen LogP contribution >= 0.6 is 11.3 Å². The molecule has 2 heterocycles. The first-order chi connectivity index (χ1) is 9.38. The van der Waals surface area contributed by atoms with E-state index in [9.17, 15) is 0 Å². The molecule has 0 atom stereocenters. The summed E-state index contributed by atoms with van der Waals surface area (Å²) in [6.07, 6.45) is 3.45. The van der Waals surface area contributed by atoms with E-state index in [-0.39, 0.29) is 0 Å². The van der Waals surface area contributed by atoms with Gasteiger partial charge < -0.3 is 10.5 Å². The number of thiophene rings is 1. The van der Waals surface area contributed by atoms with Gasteiger partial charge in [0.25, 0.3) is 0 Å². The topological polar surface area (TPSA) is 48.1 Å². The van der Waals surface area contributed by atoms with Crippen molar-refractivity contribution in [2.24, 2.45) is 5.73 Å². The number of hydrogen-bond acceptors (Lipinski definition) is 4. The Kier molecular flexibility index (Phi) is 3.44. The van der Waals surface area contributed by atoms with Crippen molar-refractivity contribution in [3.63, 3.8) is 0 Å². The third-order valence-electron chi connectivity index (χ3n) is 2.98. The second kappa shape index (κ2) is 5.38. The number of fused-ring (bicyclic) bond motifs is 1. The van der Waals surface area contributed by atoms with Crippen molar-refractivity contribution in [3.05, 3.63) is 59.2 Å². The lowest BCUT2D eigenvalue weighted by Crippen LogP contribution is -2.01. The highest BCUT2D eigenvalue weighted by atomic mass is 32.1. The number of pyridine rings is 1. The van der Waals surface area contributed by atoms with Crippen LogP contribution in [0.2, 0.25) is 0 Å². The zero-order valence-electron chi connectivity index (χ0n) is 10.4. The molecule has 0 amide bonds. The van der Waals surface area contributed by atoms with Crippen LogP contribution < -0.4 is 10.5 Å². The molecule has 19 heavy (non-hydrogen) atoms. The third-order valence-corrected chi connectivity index (χ3v) is 4.22. The zero-order chi connectivity index (χ0) is 13.1. The Morgan fingerprint density at radius 2 is 2.05 bits per heavy atom. The summed E-state index contributed by atoms with van der Waals surface area (Å²) in [4.78, 5) is 5.23. The van der Waals surface area contributed by atoms with Gasteiger partial charge >= 0.3 is 0 Å². The van der Waals surface area contributed by atoms with Gasteiger partial charge in [0.15, 0.2) is 0 Å². The van der Waals surface area contributed by atoms with Gasteiger partial charge in [-0.3, -0.25) is 4.98 Å². The van der Waals surface area contributed by atoms with Crippen LogP contribution in [-0.2, 0) is 13.2 Å². The van der Waals surface area contributed by atoms with Gasteiger partial charge in [-0.05, 0) is 23.6 Å². The summed E-state index contributed by atoms with van der Waals surface area (Å²) < 4.78 is 7.05. The number of nitrogens with zero attached hydrogens (tertiary/aromatic N) is 1. The number of ether oxygens (including phenoxy) is 1. The number of nitrogens with two attached hydrogens (primary N) is 1. The van der Waals surface area contributed by atoms with Gasteiger partial charge in [-0.2, -0.15) is 0 Å². The second-order valence-corrected chi connectivity index (χ2v) is 5.32. The molecule has 3 nitrogen and oxygen atoms in total. The Bertz CT molecular complexity index is 679. The maximum absolute atomic E-state index is 5.83. The van der Waals surface area contributed by atoms with Crippen LogP contribution in [0.15, 0.2) is 48.8 Å². The molecular formula is C15H14N2OS. The molecule has 0 aliphatic carbocycles. The predicted octanol–water partition coefficient (Wildman–Crippen LogP) is 3.33. The highest BCUT2D eigenvalue weighted by molar-refractivity contribution is 7.19. The molecule has 3 aromatic rings.